The molecule has 550 valence electrons. The molecule has 0 aromatic carbocycles. The third kappa shape index (κ3) is 15.8. The fourth-order valence-electron chi connectivity index (χ4n) is 13.0. The molecule has 5 fully saturated rings. The summed E-state index contributed by atoms with van der Waals surface area (Å²) in [6.07, 6.45) is 18.8. The molecular formula is C64H98N16O16P4. The summed E-state index contributed by atoms with van der Waals surface area (Å²) >= 11 is 0. The van der Waals surface area contributed by atoms with Gasteiger partial charge in [0.05, 0.1) is 49.7 Å². The zero-order valence-electron chi connectivity index (χ0n) is 59.4. The van der Waals surface area contributed by atoms with Crippen LogP contribution in [0.2, 0.25) is 0 Å². The van der Waals surface area contributed by atoms with Crippen LogP contribution in [0.5, 0.6) is 0 Å². The average molecular weight is 1470 g/mol. The van der Waals surface area contributed by atoms with E-state index in [1.165, 1.54) is 52.9 Å². The molecule has 11 N–H and O–H groups in total. The van der Waals surface area contributed by atoms with E-state index in [0.717, 1.165) is 24.6 Å². The number of aryl methyl sites for hydroxylation is 4. The molecule has 13 heterocycles. The number of hydrogen-bond acceptors (Lipinski definition) is 24. The van der Waals surface area contributed by atoms with E-state index in [1.54, 1.807) is 39.2 Å². The van der Waals surface area contributed by atoms with Crippen molar-refractivity contribution in [1.82, 2.24) is 78.1 Å². The molecular weight excluding hydrogens is 1370 g/mol. The number of imidazole rings is 4. The number of aromatic nitrogens is 16. The normalized spacial score (nSPS) is 30.7. The van der Waals surface area contributed by atoms with Crippen LogP contribution in [-0.4, -0.2) is 295 Å². The molecule has 32 nitrogen and oxygen atoms in total. The molecule has 13 rings (SSSR count). The predicted molar refractivity (Wildman–Crippen MR) is 393 cm³/mol. The van der Waals surface area contributed by atoms with Gasteiger partial charge in [-0.3, -0.25) is 37.4 Å². The highest BCUT2D eigenvalue weighted by molar-refractivity contribution is 7.73. The lowest BCUT2D eigenvalue weighted by Crippen LogP contribution is -2.43. The second-order valence-electron chi connectivity index (χ2n) is 30.6. The Bertz CT molecular complexity index is 4580. The van der Waals surface area contributed by atoms with E-state index in [-0.39, 0.29) is 44.3 Å². The first-order chi connectivity index (χ1) is 46.2. The average Bonchev–Trinajstić information content (AvgIpc) is 1.58. The lowest BCUT2D eigenvalue weighted by atomic mass is 9.95. The van der Waals surface area contributed by atoms with Crippen molar-refractivity contribution in [3.8, 4) is 0 Å². The van der Waals surface area contributed by atoms with Crippen molar-refractivity contribution in [2.45, 2.75) is 170 Å². The van der Waals surface area contributed by atoms with Crippen molar-refractivity contribution in [3.05, 3.63) is 90.0 Å². The largest absolute Gasteiger partial charge is 0.387 e. The Balaban J connectivity index is 0.000000144. The van der Waals surface area contributed by atoms with Crippen LogP contribution in [0.4, 0.5) is 0 Å². The molecule has 0 aliphatic carbocycles. The molecule has 5 aliphatic heterocycles. The van der Waals surface area contributed by atoms with Crippen molar-refractivity contribution in [2.24, 2.45) is 0 Å². The minimum Gasteiger partial charge on any atom is -0.387 e. The van der Waals surface area contributed by atoms with Crippen molar-refractivity contribution in [3.63, 3.8) is 0 Å². The maximum atomic E-state index is 12.0. The van der Waals surface area contributed by atoms with Crippen molar-refractivity contribution < 1.29 is 59.4 Å². The molecule has 16 atom stereocenters. The van der Waals surface area contributed by atoms with Crippen molar-refractivity contribution in [2.75, 3.05) is 84.6 Å². The Morgan fingerprint density at radius 3 is 1.17 bits per heavy atom. The Hall–Kier alpha value is -5.88. The lowest BCUT2D eigenvalue weighted by Gasteiger charge is -2.32. The SMILES string of the molecule is C=P(C)(C)CC[C@@]1(C)OC(n2cnc3c(=O)[nH]c(C)nc32)[C@H](O)[C@@H]1O.C=P(C)(C)CC[C@@]12CO[C@@H](C(n3cnc4c(=O)[nH]c(C)nc43)O1)[C@@H]2O.C=P(C)(C)CC[C@H]1OC(n2cnc3c(=O)[nH]c(C)nc32)[C@@](C)(O)[C@@H]1O.C=P(C)(C)CC[C@H]1OC(n2cnc3c(=O)[nH]c(C)nc32)[C@](C)(O)[C@@H]1O. The van der Waals surface area contributed by atoms with Gasteiger partial charge in [-0.1, -0.05) is 0 Å². The lowest BCUT2D eigenvalue weighted by molar-refractivity contribution is -0.172. The smallest absolute Gasteiger partial charge is 0.279 e. The monoisotopic (exact) mass is 1470 g/mol. The summed E-state index contributed by atoms with van der Waals surface area (Å²) in [4.78, 5) is 92.1. The van der Waals surface area contributed by atoms with Gasteiger partial charge < -0.3 is 79.4 Å². The number of fused-ring (bicyclic) bond motifs is 6. The summed E-state index contributed by atoms with van der Waals surface area (Å²) in [5.74, 6) is 1.83. The van der Waals surface area contributed by atoms with Gasteiger partial charge in [0.2, 0.25) is 0 Å². The van der Waals surface area contributed by atoms with Crippen molar-refractivity contribution >= 4 is 97.4 Å². The summed E-state index contributed by atoms with van der Waals surface area (Å²) < 4.78 is 36.4. The number of aromatic amines is 4. The zero-order valence-corrected chi connectivity index (χ0v) is 63.0. The van der Waals surface area contributed by atoms with Crippen LogP contribution in [0.25, 0.3) is 44.7 Å². The van der Waals surface area contributed by atoms with Crippen LogP contribution in [-0.2, 0) is 23.7 Å². The van der Waals surface area contributed by atoms with E-state index in [9.17, 15) is 54.9 Å². The molecule has 5 saturated heterocycles. The predicted octanol–water partition coefficient (Wildman–Crippen LogP) is 2.16. The molecule has 100 heavy (non-hydrogen) atoms. The first-order valence-corrected chi connectivity index (χ1v) is 45.0. The quantitative estimate of drug-likeness (QED) is 0.0617. The van der Waals surface area contributed by atoms with E-state index in [0.29, 0.717) is 78.2 Å². The van der Waals surface area contributed by atoms with E-state index in [4.69, 9.17) is 23.7 Å². The molecule has 0 spiro atoms. The third-order valence-corrected chi connectivity index (χ3v) is 24.6. The fourth-order valence-corrected chi connectivity index (χ4v) is 16.9. The number of nitrogens with one attached hydrogen (secondary N) is 4. The van der Waals surface area contributed by atoms with Crippen LogP contribution in [0.15, 0.2) is 44.5 Å². The first kappa shape index (κ1) is 76.8. The molecule has 8 aromatic heterocycles. The molecule has 5 aliphatic rings. The number of aliphatic hydroxyl groups excluding tert-OH is 5. The minimum atomic E-state index is -1.53. The minimum absolute atomic E-state index is 0.174. The van der Waals surface area contributed by atoms with E-state index < -0.39 is 124 Å². The summed E-state index contributed by atoms with van der Waals surface area (Å²) in [6, 6.07) is 0. The number of H-pyrrole nitrogens is 4. The van der Waals surface area contributed by atoms with Gasteiger partial charge in [0, 0.05) is 0 Å². The Morgan fingerprint density at radius 1 is 0.480 bits per heavy atom. The fraction of sp³-hybridized carbons (Fsp3) is 0.625. The Kier molecular flexibility index (Phi) is 21.5. The van der Waals surface area contributed by atoms with Gasteiger partial charge in [-0.05, 0) is 152 Å². The molecule has 2 bridgehead atoms. The number of hydrogen-bond donors (Lipinski definition) is 11. The Labute approximate surface area is 577 Å². The first-order valence-electron chi connectivity index (χ1n) is 32.8. The number of rotatable bonds is 16. The number of ether oxygens (including phenoxy) is 5. The molecule has 0 amide bonds. The topological polar surface area (TPSA) is 442 Å². The third-order valence-electron chi connectivity index (χ3n) is 18.8. The second kappa shape index (κ2) is 28.0. The highest BCUT2D eigenvalue weighted by Crippen LogP contribution is 2.51. The maximum Gasteiger partial charge on any atom is 0.279 e. The van der Waals surface area contributed by atoms with Crippen LogP contribution in [0, 0.1) is 27.7 Å². The summed E-state index contributed by atoms with van der Waals surface area (Å²) in [6.45, 7) is 23.9. The van der Waals surface area contributed by atoms with Crippen LogP contribution >= 0.6 is 27.5 Å². The molecule has 4 unspecified atom stereocenters. The second-order valence-corrected chi connectivity index (χ2v) is 47.8. The van der Waals surface area contributed by atoms with Crippen LogP contribution in [0.1, 0.15) is 94.7 Å². The van der Waals surface area contributed by atoms with E-state index in [1.807, 2.05) is 0 Å². The van der Waals surface area contributed by atoms with Gasteiger partial charge in [-0.25, -0.2) is 39.9 Å². The van der Waals surface area contributed by atoms with Crippen LogP contribution < -0.4 is 22.2 Å². The summed E-state index contributed by atoms with van der Waals surface area (Å²) in [5, 5.41) is 74.7. The zero-order chi connectivity index (χ0) is 73.7. The van der Waals surface area contributed by atoms with E-state index in [2.05, 4.69) is 138 Å². The Morgan fingerprint density at radius 2 is 0.810 bits per heavy atom. The molecule has 36 heteroatoms. The van der Waals surface area contributed by atoms with Gasteiger partial charge in [0.15, 0.2) is 69.6 Å². The number of nitrogens with zero attached hydrogens (tertiary/aromatic N) is 12. The van der Waals surface area contributed by atoms with Gasteiger partial charge in [0.1, 0.15) is 76.7 Å². The van der Waals surface area contributed by atoms with Gasteiger partial charge in [0.25, 0.3) is 22.2 Å². The standard InChI is InChI=1S/C16H23N4O4P.3C16H25N4O4P/c1-9-18-13-10(14(22)19-9)17-8-20(13)15-11-12(21)16(24-15,7-23-11)5-6-25(2,3)4;1-9-18-13-10(14(23)19-9)17-8-20(13)15-11(21)12(22)16(2,24-15)6-7-25(3,4)5;2*1-9-18-13-11(14(22)19-9)17-8-20(13)15-16(2,23)12(21)10(24-15)6-7-25(3,4)5/h8,11-12,15,21H,2,5-7H2,1,3-4H3,(H,18,19,22);8,11-12,15,21-22H,3,6-7H2,1-2,4-5H3,(H,18,19,23);2*8,10,12,15,21,23H,3,6-7H2,1-2,4-5H3,(H,18,19,22)/t11-,12+,15?,16+;11-,12+,15?,16-;10-,12-,15?,16+;10-,12-,15?,16-/m1111/s1. The highest BCUT2D eigenvalue weighted by Gasteiger charge is 2.62. The van der Waals surface area contributed by atoms with E-state index >= 15 is 0 Å². The number of aliphatic hydroxyl groups is 7. The maximum absolute atomic E-state index is 12.0. The van der Waals surface area contributed by atoms with Crippen LogP contribution in [0.3, 0.4) is 0 Å². The van der Waals surface area contributed by atoms with Gasteiger partial charge in [-0.15, -0.1) is 52.7 Å². The van der Waals surface area contributed by atoms with Crippen molar-refractivity contribution in [1.29, 1.82) is 0 Å². The van der Waals surface area contributed by atoms with Gasteiger partial charge in [-0.2, -0.15) is 0 Å². The van der Waals surface area contributed by atoms with Gasteiger partial charge >= 0.3 is 0 Å². The summed E-state index contributed by atoms with van der Waals surface area (Å²) in [5.41, 5.74) is -3.82. The molecule has 0 saturated carbocycles. The summed E-state index contributed by atoms with van der Waals surface area (Å²) in [7, 11) is 0. The molecule has 8 aromatic rings. The highest BCUT2D eigenvalue weighted by atomic mass is 31.2. The molecule has 0 radical (unpaired) electrons.